The molecule has 10 aromatic rings. The lowest BCUT2D eigenvalue weighted by Gasteiger charge is -2.43. The highest BCUT2D eigenvalue weighted by atomic mass is 15.2. The molecule has 6 heteroatoms. The average molecular weight is 821 g/mol. The van der Waals surface area contributed by atoms with Crippen molar-refractivity contribution < 1.29 is 0 Å². The molecule has 0 radical (unpaired) electrons. The molecule has 0 atom stereocenters. The van der Waals surface area contributed by atoms with Gasteiger partial charge in [0.1, 0.15) is 0 Å². The fraction of sp³-hybridized carbons (Fsp3) is 0.138. The molecule has 0 saturated heterocycles. The van der Waals surface area contributed by atoms with E-state index < -0.39 is 0 Å². The average Bonchev–Trinajstić information content (AvgIpc) is 3.94. The summed E-state index contributed by atoms with van der Waals surface area (Å²) in [7, 11) is 0. The van der Waals surface area contributed by atoms with E-state index in [-0.39, 0.29) is 24.5 Å². The lowest BCUT2D eigenvalue weighted by atomic mass is 9.43. The van der Waals surface area contributed by atoms with Crippen molar-refractivity contribution in [3.05, 3.63) is 181 Å². The first-order valence-corrected chi connectivity index (χ1v) is 22.9. The maximum Gasteiger partial charge on any atom is 0.332 e. The highest BCUT2D eigenvalue weighted by Gasteiger charge is 2.46. The number of aromatic nitrogens is 2. The summed E-state index contributed by atoms with van der Waals surface area (Å²) in [4.78, 5) is 5.17. The van der Waals surface area contributed by atoms with Gasteiger partial charge in [-0.05, 0) is 150 Å². The maximum atomic E-state index is 2.59. The normalized spacial score (nSPS) is 14.3. The molecule has 0 amide bonds. The highest BCUT2D eigenvalue weighted by molar-refractivity contribution is 6.91. The molecule has 64 heavy (non-hydrogen) atoms. The Bertz CT molecular complexity index is 3420. The van der Waals surface area contributed by atoms with Gasteiger partial charge in [-0.2, -0.15) is 0 Å². The number of benzene rings is 8. The maximum absolute atomic E-state index is 2.59. The SMILES string of the molecule is CC(C)(C)c1ccc2c(c1)N(c1ccccc1)c1cc3c4c5c(cc3c3c1B2n1ccc2cccc-3c21)N(c1ccccc1)c1cc(C(C)(C)C)ccc1B5n1ccc2cccc-4c21. The number of fused-ring (bicyclic) bond motifs is 11. The van der Waals surface area contributed by atoms with Crippen LogP contribution >= 0.6 is 0 Å². The van der Waals surface area contributed by atoms with Crippen molar-refractivity contribution in [1.82, 2.24) is 8.96 Å². The van der Waals surface area contributed by atoms with Crippen LogP contribution in [0.15, 0.2) is 170 Å². The third-order valence-electron chi connectivity index (χ3n) is 15.0. The zero-order chi connectivity index (χ0) is 43.0. The molecule has 0 bridgehead atoms. The number of rotatable bonds is 2. The summed E-state index contributed by atoms with van der Waals surface area (Å²) in [6.07, 6.45) is 4.68. The van der Waals surface area contributed by atoms with Crippen LogP contribution in [-0.2, 0) is 10.8 Å². The highest BCUT2D eigenvalue weighted by Crippen LogP contribution is 2.52. The Morgan fingerprint density at radius 2 is 0.812 bits per heavy atom. The minimum Gasteiger partial charge on any atom is -0.382 e. The predicted molar refractivity (Wildman–Crippen MR) is 273 cm³/mol. The summed E-state index contributed by atoms with van der Waals surface area (Å²) in [6.45, 7) is 14.0. The molecule has 0 spiro atoms. The molecule has 0 saturated carbocycles. The van der Waals surface area contributed by atoms with Gasteiger partial charge in [0.25, 0.3) is 0 Å². The Morgan fingerprint density at radius 1 is 0.391 bits per heavy atom. The molecule has 0 N–H and O–H groups in total. The molecule has 0 unspecified atom stereocenters. The van der Waals surface area contributed by atoms with E-state index in [4.69, 9.17) is 0 Å². The number of nitrogens with zero attached hydrogens (tertiary/aromatic N) is 4. The first kappa shape index (κ1) is 36.3. The molecule has 4 aliphatic rings. The molecule has 8 aromatic carbocycles. The van der Waals surface area contributed by atoms with E-state index in [2.05, 4.69) is 230 Å². The quantitative estimate of drug-likeness (QED) is 0.162. The van der Waals surface area contributed by atoms with Gasteiger partial charge in [-0.25, -0.2) is 0 Å². The zero-order valence-corrected chi connectivity index (χ0v) is 37.1. The van der Waals surface area contributed by atoms with Crippen molar-refractivity contribution in [3.8, 4) is 22.3 Å². The Kier molecular flexibility index (Phi) is 6.98. The Labute approximate surface area is 375 Å². The van der Waals surface area contributed by atoms with Gasteiger partial charge < -0.3 is 18.8 Å². The third kappa shape index (κ3) is 4.65. The predicted octanol–water partition coefficient (Wildman–Crippen LogP) is 12.2. The molecule has 14 rings (SSSR count). The zero-order valence-electron chi connectivity index (χ0n) is 37.1. The summed E-state index contributed by atoms with van der Waals surface area (Å²) in [5.74, 6) is 0. The molecule has 0 fully saturated rings. The van der Waals surface area contributed by atoms with Gasteiger partial charge >= 0.3 is 13.7 Å². The summed E-state index contributed by atoms with van der Waals surface area (Å²) in [5, 5.41) is 5.15. The lowest BCUT2D eigenvalue weighted by Crippen LogP contribution is -2.57. The van der Waals surface area contributed by atoms with Gasteiger partial charge in [0, 0.05) is 56.3 Å². The van der Waals surface area contributed by atoms with Crippen LogP contribution in [0.3, 0.4) is 0 Å². The van der Waals surface area contributed by atoms with Crippen LogP contribution in [0.5, 0.6) is 0 Å². The van der Waals surface area contributed by atoms with Gasteiger partial charge in [-0.3, -0.25) is 0 Å². The fourth-order valence-corrected chi connectivity index (χ4v) is 12.0. The van der Waals surface area contributed by atoms with Crippen molar-refractivity contribution in [2.45, 2.75) is 52.4 Å². The van der Waals surface area contributed by atoms with E-state index in [9.17, 15) is 0 Å². The van der Waals surface area contributed by atoms with Crippen molar-refractivity contribution in [2.75, 3.05) is 9.80 Å². The lowest BCUT2D eigenvalue weighted by molar-refractivity contribution is 0.590. The van der Waals surface area contributed by atoms with E-state index in [1.807, 2.05) is 0 Å². The van der Waals surface area contributed by atoms with Crippen molar-refractivity contribution in [1.29, 1.82) is 0 Å². The minimum absolute atomic E-state index is 0.00752. The minimum atomic E-state index is -0.0213. The Balaban J connectivity index is 1.20. The van der Waals surface area contributed by atoms with E-state index in [1.54, 1.807) is 0 Å². The second-order valence-corrected chi connectivity index (χ2v) is 20.6. The molecule has 4 nitrogen and oxygen atoms in total. The standard InChI is InChI=1S/C58H46B2N4/c1-57(2,3)37-23-25-45-47(31-37)63(39-17-9-7-10-18-39)49-33-43-44(51-41-21-13-15-35-27-29-61(55(35)41)59(45)53(49)51)34-50-54-52(43)42-22-14-16-36-28-30-62(56(36)42)60(54)46-26-24-38(58(4,5)6)32-48(46)64(50)40-19-11-8-12-20-40/h7-34H,1-6H3. The van der Waals surface area contributed by atoms with E-state index in [0.717, 1.165) is 0 Å². The Morgan fingerprint density at radius 3 is 1.22 bits per heavy atom. The van der Waals surface area contributed by atoms with Crippen LogP contribution < -0.4 is 31.7 Å². The first-order chi connectivity index (χ1) is 31.0. The van der Waals surface area contributed by atoms with Crippen LogP contribution in [0, 0.1) is 0 Å². The molecule has 6 heterocycles. The second-order valence-electron chi connectivity index (χ2n) is 20.6. The van der Waals surface area contributed by atoms with Crippen LogP contribution in [0.25, 0.3) is 54.8 Å². The van der Waals surface area contributed by atoms with Gasteiger partial charge in [0.05, 0.1) is 0 Å². The number of hydrogen-bond acceptors (Lipinski definition) is 2. The van der Waals surface area contributed by atoms with Crippen LogP contribution in [-0.4, -0.2) is 22.7 Å². The summed E-state index contributed by atoms with van der Waals surface area (Å²) in [5.41, 5.74) is 23.2. The number of hydrogen-bond donors (Lipinski definition) is 0. The van der Waals surface area contributed by atoms with E-state index in [1.165, 1.54) is 122 Å². The summed E-state index contributed by atoms with van der Waals surface area (Å²) >= 11 is 0. The fourth-order valence-electron chi connectivity index (χ4n) is 12.0. The third-order valence-corrected chi connectivity index (χ3v) is 15.0. The molecule has 304 valence electrons. The van der Waals surface area contributed by atoms with Crippen LogP contribution in [0.1, 0.15) is 52.7 Å². The topological polar surface area (TPSA) is 16.3 Å². The first-order valence-electron chi connectivity index (χ1n) is 22.9. The van der Waals surface area contributed by atoms with Crippen LogP contribution in [0.2, 0.25) is 0 Å². The van der Waals surface area contributed by atoms with Gasteiger partial charge in [-0.1, -0.05) is 139 Å². The smallest absolute Gasteiger partial charge is 0.332 e. The number of para-hydroxylation sites is 4. The Hall–Kier alpha value is -7.17. The van der Waals surface area contributed by atoms with E-state index in [0.29, 0.717) is 0 Å². The van der Waals surface area contributed by atoms with Crippen molar-refractivity contribution in [2.24, 2.45) is 0 Å². The monoisotopic (exact) mass is 820 g/mol. The van der Waals surface area contributed by atoms with Crippen LogP contribution in [0.4, 0.5) is 34.1 Å². The summed E-state index contributed by atoms with van der Waals surface area (Å²) < 4.78 is 5.15. The summed E-state index contributed by atoms with van der Waals surface area (Å²) in [6, 6.07) is 60.5. The molecular formula is C58H46B2N4. The van der Waals surface area contributed by atoms with Gasteiger partial charge in [0.15, 0.2) is 0 Å². The molecular weight excluding hydrogens is 774 g/mol. The van der Waals surface area contributed by atoms with Gasteiger partial charge in [-0.15, -0.1) is 0 Å². The molecule has 2 aromatic heterocycles. The molecule has 4 aliphatic heterocycles. The molecule has 0 aliphatic carbocycles. The largest absolute Gasteiger partial charge is 0.382 e. The number of anilines is 6. The van der Waals surface area contributed by atoms with Crippen molar-refractivity contribution in [3.63, 3.8) is 0 Å². The van der Waals surface area contributed by atoms with Crippen molar-refractivity contribution >= 4 is 102 Å². The van der Waals surface area contributed by atoms with E-state index >= 15 is 0 Å². The second kappa shape index (κ2) is 12.3. The van der Waals surface area contributed by atoms with Gasteiger partial charge in [0.2, 0.25) is 0 Å².